The van der Waals surface area contributed by atoms with Gasteiger partial charge in [0.25, 0.3) is 5.82 Å². The van der Waals surface area contributed by atoms with E-state index in [0.717, 1.165) is 0 Å². The van der Waals surface area contributed by atoms with E-state index in [4.69, 9.17) is 0 Å². The Morgan fingerprint density at radius 1 is 0.354 bits per heavy atom. The highest BCUT2D eigenvalue weighted by atomic mass is 15.1. The highest BCUT2D eigenvalue weighted by Crippen LogP contribution is 2.16. The van der Waals surface area contributed by atoms with Crippen molar-refractivity contribution < 1.29 is 4.57 Å². The second-order valence-electron chi connectivity index (χ2n) is 15.9. The van der Waals surface area contributed by atoms with Gasteiger partial charge in [0.15, 0.2) is 0 Å². The second kappa shape index (κ2) is 37.5. The molecule has 0 bridgehead atoms. The number of imidazole rings is 1. The Morgan fingerprint density at radius 2 is 0.646 bits per heavy atom. The van der Waals surface area contributed by atoms with E-state index in [2.05, 4.69) is 42.3 Å². The van der Waals surface area contributed by atoms with E-state index in [0.29, 0.717) is 0 Å². The van der Waals surface area contributed by atoms with E-state index >= 15 is 0 Å². The zero-order valence-corrected chi connectivity index (χ0v) is 33.8. The zero-order valence-electron chi connectivity index (χ0n) is 33.8. The van der Waals surface area contributed by atoms with Crippen molar-refractivity contribution in [3.8, 4) is 0 Å². The Morgan fingerprint density at radius 3 is 1.00 bits per heavy atom. The molecule has 0 N–H and O–H groups in total. The first-order chi connectivity index (χ1) is 23.8. The third-order valence-corrected chi connectivity index (χ3v) is 11.1. The Kier molecular flexibility index (Phi) is 35.3. The molecule has 0 aliphatic carbocycles. The highest BCUT2D eigenvalue weighted by Gasteiger charge is 2.16. The van der Waals surface area contributed by atoms with E-state index in [1.807, 2.05) is 0 Å². The Labute approximate surface area is 304 Å². The van der Waals surface area contributed by atoms with Gasteiger partial charge in [-0.3, -0.25) is 0 Å². The fraction of sp³-hybridized carbons (Fsp3) is 0.935. The summed E-state index contributed by atoms with van der Waals surface area (Å²) in [6, 6.07) is 0. The Balaban J connectivity index is 2.24. The third-order valence-electron chi connectivity index (χ3n) is 11.1. The smallest absolute Gasteiger partial charge is 0.234 e. The lowest BCUT2D eigenvalue weighted by Gasteiger charge is -2.07. The van der Waals surface area contributed by atoms with Crippen LogP contribution in [0.4, 0.5) is 0 Å². The molecule has 1 rings (SSSR count). The molecule has 0 fully saturated rings. The lowest BCUT2D eigenvalue weighted by molar-refractivity contribution is -0.704. The average Bonchev–Trinajstić information content (AvgIpc) is 3.48. The van der Waals surface area contributed by atoms with Crippen molar-refractivity contribution in [3.05, 3.63) is 18.2 Å². The summed E-state index contributed by atoms with van der Waals surface area (Å²) in [5.41, 5.74) is 0. The topological polar surface area (TPSA) is 8.81 Å². The lowest BCUT2D eigenvalue weighted by Crippen LogP contribution is -2.37. The number of aryl methyl sites for hydroxylation is 2. The monoisotopic (exact) mass is 672 g/mol. The maximum Gasteiger partial charge on any atom is 0.256 e. The van der Waals surface area contributed by atoms with Crippen molar-refractivity contribution in [2.45, 2.75) is 278 Å². The summed E-state index contributed by atoms with van der Waals surface area (Å²) < 4.78 is 5.29. The molecule has 1 heterocycles. The molecular formula is C46H91N2+. The van der Waals surface area contributed by atoms with Crippen LogP contribution in [-0.2, 0) is 19.5 Å². The molecule has 284 valence electrons. The first kappa shape index (κ1) is 45.2. The maximum atomic E-state index is 2.65. The van der Waals surface area contributed by atoms with Crippen LogP contribution in [-0.4, -0.2) is 4.57 Å². The van der Waals surface area contributed by atoms with Crippen molar-refractivity contribution in [3.63, 3.8) is 0 Å². The van der Waals surface area contributed by atoms with Gasteiger partial charge in [-0.2, -0.15) is 0 Å². The molecule has 0 amide bonds. The summed E-state index contributed by atoms with van der Waals surface area (Å²) in [6.07, 6.45) is 59.3. The molecule has 2 heteroatoms. The van der Waals surface area contributed by atoms with Crippen LogP contribution in [0.15, 0.2) is 12.4 Å². The summed E-state index contributed by atoms with van der Waals surface area (Å²) in [6.45, 7) is 9.41. The van der Waals surface area contributed by atoms with Crippen LogP contribution < -0.4 is 4.57 Å². The summed E-state index contributed by atoms with van der Waals surface area (Å²) in [5, 5.41) is 0. The van der Waals surface area contributed by atoms with Gasteiger partial charge in [-0.05, 0) is 32.1 Å². The van der Waals surface area contributed by atoms with Crippen molar-refractivity contribution in [2.24, 2.45) is 0 Å². The van der Waals surface area contributed by atoms with Gasteiger partial charge in [0.2, 0.25) is 0 Å². The van der Waals surface area contributed by atoms with Crippen LogP contribution in [0.2, 0.25) is 0 Å². The normalized spacial score (nSPS) is 11.6. The van der Waals surface area contributed by atoms with Crippen LogP contribution in [0, 0.1) is 0 Å². The van der Waals surface area contributed by atoms with E-state index < -0.39 is 0 Å². The quantitative estimate of drug-likeness (QED) is 0.0485. The summed E-state index contributed by atoms with van der Waals surface area (Å²) in [4.78, 5) is 0. The van der Waals surface area contributed by atoms with E-state index in [-0.39, 0.29) is 0 Å². The minimum atomic E-state index is 1.23. The zero-order chi connectivity index (χ0) is 34.4. The molecule has 1 aromatic heterocycles. The lowest BCUT2D eigenvalue weighted by atomic mass is 10.0. The molecular weight excluding hydrogens is 581 g/mol. The fourth-order valence-electron chi connectivity index (χ4n) is 7.74. The number of aromatic nitrogens is 2. The molecule has 0 atom stereocenters. The van der Waals surface area contributed by atoms with Crippen LogP contribution in [0.1, 0.15) is 264 Å². The van der Waals surface area contributed by atoms with Crippen molar-refractivity contribution in [1.29, 1.82) is 0 Å². The van der Waals surface area contributed by atoms with Gasteiger partial charge in [-0.25, -0.2) is 9.13 Å². The molecule has 48 heavy (non-hydrogen) atoms. The first-order valence-corrected chi connectivity index (χ1v) is 22.9. The minimum absolute atomic E-state index is 1.23. The predicted octanol–water partition coefficient (Wildman–Crippen LogP) is 15.8. The summed E-state index contributed by atoms with van der Waals surface area (Å²) >= 11 is 0. The number of hydrogen-bond donors (Lipinski definition) is 0. The van der Waals surface area contributed by atoms with E-state index in [9.17, 15) is 0 Å². The van der Waals surface area contributed by atoms with Crippen molar-refractivity contribution >= 4 is 0 Å². The number of nitrogens with zero attached hydrogens (tertiary/aromatic N) is 2. The second-order valence-corrected chi connectivity index (χ2v) is 15.9. The minimum Gasteiger partial charge on any atom is -0.234 e. The van der Waals surface area contributed by atoms with Gasteiger partial charge in [-0.1, -0.05) is 226 Å². The van der Waals surface area contributed by atoms with Gasteiger partial charge >= 0.3 is 0 Å². The van der Waals surface area contributed by atoms with Crippen LogP contribution >= 0.6 is 0 Å². The molecule has 0 saturated heterocycles. The molecule has 0 aromatic carbocycles. The van der Waals surface area contributed by atoms with Gasteiger partial charge in [0.05, 0.1) is 13.1 Å². The largest absolute Gasteiger partial charge is 0.256 e. The van der Waals surface area contributed by atoms with Crippen LogP contribution in [0.3, 0.4) is 0 Å². The molecule has 0 unspecified atom stereocenters. The Bertz CT molecular complexity index is 736. The SMILES string of the molecule is CCCCCCCCCCCCCCCCCc1n(CCCCCCCCCC)cc[n+]1CCCCCCCCCCCCCCCC. The van der Waals surface area contributed by atoms with Crippen molar-refractivity contribution in [1.82, 2.24) is 4.57 Å². The number of unbranched alkanes of at least 4 members (excludes halogenated alkanes) is 34. The van der Waals surface area contributed by atoms with Crippen LogP contribution in [0.5, 0.6) is 0 Å². The summed E-state index contributed by atoms with van der Waals surface area (Å²) in [7, 11) is 0. The number of rotatable bonds is 40. The third kappa shape index (κ3) is 29.0. The Hall–Kier alpha value is -0.790. The molecule has 0 aliphatic rings. The van der Waals surface area contributed by atoms with E-state index in [1.54, 1.807) is 5.82 Å². The van der Waals surface area contributed by atoms with Gasteiger partial charge in [-0.15, -0.1) is 0 Å². The molecule has 1 aromatic rings. The predicted molar refractivity (Wildman–Crippen MR) is 216 cm³/mol. The highest BCUT2D eigenvalue weighted by molar-refractivity contribution is 4.84. The van der Waals surface area contributed by atoms with Crippen molar-refractivity contribution in [2.75, 3.05) is 0 Å². The van der Waals surface area contributed by atoms with Gasteiger partial charge in [0.1, 0.15) is 12.4 Å². The first-order valence-electron chi connectivity index (χ1n) is 22.9. The molecule has 0 spiro atoms. The molecule has 0 aliphatic heterocycles. The van der Waals surface area contributed by atoms with Crippen LogP contribution in [0.25, 0.3) is 0 Å². The average molecular weight is 672 g/mol. The molecule has 0 saturated carbocycles. The number of hydrogen-bond acceptors (Lipinski definition) is 0. The molecule has 2 nitrogen and oxygen atoms in total. The van der Waals surface area contributed by atoms with E-state index in [1.165, 1.54) is 257 Å². The van der Waals surface area contributed by atoms with Gasteiger partial charge < -0.3 is 0 Å². The summed E-state index contributed by atoms with van der Waals surface area (Å²) in [5.74, 6) is 1.63. The fourth-order valence-corrected chi connectivity index (χ4v) is 7.74. The molecule has 0 radical (unpaired) electrons. The maximum absolute atomic E-state index is 2.65. The van der Waals surface area contributed by atoms with Gasteiger partial charge in [0, 0.05) is 6.42 Å². The standard InChI is InChI=1S/C46H91N2/c1-4-7-10-13-16-19-21-23-25-26-28-30-32-35-38-41-46-47(42-39-36-33-18-15-12-9-6-3)44-45-48(46)43-40-37-34-31-29-27-24-22-20-17-14-11-8-5-2/h44-45H,4-43H2,1-3H3/q+1.